The lowest BCUT2D eigenvalue weighted by atomic mass is 10.2. The van der Waals surface area contributed by atoms with Crippen LogP contribution in [0.3, 0.4) is 0 Å². The van der Waals surface area contributed by atoms with E-state index in [0.29, 0.717) is 12.2 Å². The maximum atomic E-state index is 10.1. The van der Waals surface area contributed by atoms with Gasteiger partial charge in [0.2, 0.25) is 0 Å². The molecule has 2 aromatic rings. The molecule has 2 heterocycles. The molecule has 0 saturated heterocycles. The van der Waals surface area contributed by atoms with Crippen molar-refractivity contribution in [2.24, 2.45) is 7.05 Å². The van der Waals surface area contributed by atoms with E-state index >= 15 is 0 Å². The molecule has 0 fully saturated rings. The first-order valence-corrected chi connectivity index (χ1v) is 5.63. The molecular formula is C11H17N5O. The van der Waals surface area contributed by atoms with E-state index in [0.717, 1.165) is 5.82 Å². The predicted molar refractivity (Wildman–Crippen MR) is 62.3 cm³/mol. The zero-order valence-corrected chi connectivity index (χ0v) is 10.3. The third-order valence-corrected chi connectivity index (χ3v) is 2.67. The molecule has 1 N–H and O–H groups in total. The lowest BCUT2D eigenvalue weighted by Crippen LogP contribution is -2.14. The van der Waals surface area contributed by atoms with Crippen molar-refractivity contribution in [3.05, 3.63) is 30.4 Å². The van der Waals surface area contributed by atoms with Crippen molar-refractivity contribution in [3.63, 3.8) is 0 Å². The van der Waals surface area contributed by atoms with Gasteiger partial charge in [0.1, 0.15) is 24.1 Å². The highest BCUT2D eigenvalue weighted by atomic mass is 16.3. The highest BCUT2D eigenvalue weighted by Crippen LogP contribution is 2.16. The lowest BCUT2D eigenvalue weighted by molar-refractivity contribution is 0.160. The molecule has 6 heteroatoms. The number of nitrogens with zero attached hydrogens (tertiary/aromatic N) is 5. The van der Waals surface area contributed by atoms with Gasteiger partial charge in [0, 0.05) is 31.9 Å². The maximum absolute atomic E-state index is 10.1. The summed E-state index contributed by atoms with van der Waals surface area (Å²) in [7, 11) is 1.86. The Morgan fingerprint density at radius 1 is 1.35 bits per heavy atom. The molecule has 0 aliphatic carbocycles. The Morgan fingerprint density at radius 3 is 2.71 bits per heavy atom. The summed E-state index contributed by atoms with van der Waals surface area (Å²) < 4.78 is 3.62. The van der Waals surface area contributed by atoms with Crippen LogP contribution < -0.4 is 0 Å². The second-order valence-corrected chi connectivity index (χ2v) is 4.33. The maximum Gasteiger partial charge on any atom is 0.138 e. The minimum Gasteiger partial charge on any atom is -0.385 e. The Hall–Kier alpha value is -1.69. The zero-order chi connectivity index (χ0) is 12.4. The minimum atomic E-state index is -0.656. The third-order valence-electron chi connectivity index (χ3n) is 2.67. The summed E-state index contributed by atoms with van der Waals surface area (Å²) in [4.78, 5) is 8.30. The number of rotatable bonds is 4. The number of aliphatic hydroxyl groups is 1. The van der Waals surface area contributed by atoms with E-state index in [-0.39, 0.29) is 6.04 Å². The first-order chi connectivity index (χ1) is 8.09. The average molecular weight is 235 g/mol. The Labute approximate surface area is 99.9 Å². The predicted octanol–water partition coefficient (Wildman–Crippen LogP) is 0.869. The van der Waals surface area contributed by atoms with E-state index in [1.165, 1.54) is 6.33 Å². The Kier molecular flexibility index (Phi) is 3.23. The Morgan fingerprint density at radius 2 is 2.12 bits per heavy atom. The van der Waals surface area contributed by atoms with Crippen LogP contribution in [-0.2, 0) is 13.5 Å². The normalized spacial score (nSPS) is 13.2. The Bertz CT molecular complexity index is 488. The molecule has 0 bridgehead atoms. The first kappa shape index (κ1) is 11.8. The molecule has 0 radical (unpaired) electrons. The molecule has 1 atom stereocenters. The van der Waals surface area contributed by atoms with Crippen LogP contribution in [0.25, 0.3) is 0 Å². The van der Waals surface area contributed by atoms with Gasteiger partial charge in [0.15, 0.2) is 0 Å². The van der Waals surface area contributed by atoms with Crippen molar-refractivity contribution in [3.8, 4) is 0 Å². The van der Waals surface area contributed by atoms with Gasteiger partial charge in [-0.1, -0.05) is 0 Å². The van der Waals surface area contributed by atoms with Crippen LogP contribution in [-0.4, -0.2) is 29.4 Å². The number of hydrogen-bond acceptors (Lipinski definition) is 4. The fourth-order valence-electron chi connectivity index (χ4n) is 1.81. The number of hydrogen-bond donors (Lipinski definition) is 1. The van der Waals surface area contributed by atoms with Gasteiger partial charge >= 0.3 is 0 Å². The molecule has 1 unspecified atom stereocenters. The van der Waals surface area contributed by atoms with E-state index in [1.807, 2.05) is 31.8 Å². The van der Waals surface area contributed by atoms with E-state index in [9.17, 15) is 5.11 Å². The van der Waals surface area contributed by atoms with E-state index in [2.05, 4.69) is 15.1 Å². The van der Waals surface area contributed by atoms with Crippen LogP contribution >= 0.6 is 0 Å². The standard InChI is InChI=1S/C11H17N5O/c1-8(2)16-10(13-7-14-16)6-9(17)11-12-4-5-15(11)3/h4-5,7-9,17H,6H2,1-3H3. The molecule has 0 spiro atoms. The van der Waals surface area contributed by atoms with Crippen LogP contribution in [0.1, 0.15) is 37.6 Å². The number of aromatic nitrogens is 5. The van der Waals surface area contributed by atoms with Gasteiger partial charge in [0.25, 0.3) is 0 Å². The van der Waals surface area contributed by atoms with Gasteiger partial charge in [-0.25, -0.2) is 14.6 Å². The van der Waals surface area contributed by atoms with Crippen LogP contribution in [0.5, 0.6) is 0 Å². The van der Waals surface area contributed by atoms with Crippen LogP contribution in [0.15, 0.2) is 18.7 Å². The Balaban J connectivity index is 2.16. The van der Waals surface area contributed by atoms with Crippen molar-refractivity contribution < 1.29 is 5.11 Å². The SMILES string of the molecule is CC(C)n1ncnc1CC(O)c1nccn1C. The van der Waals surface area contributed by atoms with Gasteiger partial charge in [-0.2, -0.15) is 5.10 Å². The quantitative estimate of drug-likeness (QED) is 0.853. The smallest absolute Gasteiger partial charge is 0.138 e. The molecule has 2 aromatic heterocycles. The number of imidazole rings is 1. The van der Waals surface area contributed by atoms with Gasteiger partial charge in [-0.15, -0.1) is 0 Å². The van der Waals surface area contributed by atoms with Crippen LogP contribution in [0.2, 0.25) is 0 Å². The van der Waals surface area contributed by atoms with Crippen LogP contribution in [0, 0.1) is 0 Å². The molecule has 92 valence electrons. The first-order valence-electron chi connectivity index (χ1n) is 5.63. The molecule has 0 saturated carbocycles. The molecule has 0 aliphatic heterocycles. The van der Waals surface area contributed by atoms with Crippen LogP contribution in [0.4, 0.5) is 0 Å². The second kappa shape index (κ2) is 4.67. The summed E-state index contributed by atoms with van der Waals surface area (Å²) in [5.41, 5.74) is 0. The third kappa shape index (κ3) is 2.36. The monoisotopic (exact) mass is 235 g/mol. The van der Waals surface area contributed by atoms with Gasteiger partial charge in [-0.05, 0) is 13.8 Å². The molecular weight excluding hydrogens is 218 g/mol. The summed E-state index contributed by atoms with van der Waals surface area (Å²) in [6, 6.07) is 0.237. The summed E-state index contributed by atoms with van der Waals surface area (Å²) in [6.45, 7) is 4.07. The van der Waals surface area contributed by atoms with Gasteiger partial charge in [-0.3, -0.25) is 0 Å². The molecule has 0 aliphatic rings. The van der Waals surface area contributed by atoms with Crippen molar-refractivity contribution in [1.82, 2.24) is 24.3 Å². The lowest BCUT2D eigenvalue weighted by Gasteiger charge is -2.13. The fourth-order valence-corrected chi connectivity index (χ4v) is 1.81. The number of aliphatic hydroxyl groups excluding tert-OH is 1. The van der Waals surface area contributed by atoms with E-state index in [1.54, 1.807) is 10.8 Å². The summed E-state index contributed by atoms with van der Waals surface area (Å²) in [6.07, 6.45) is 4.76. The molecule has 6 nitrogen and oxygen atoms in total. The summed E-state index contributed by atoms with van der Waals surface area (Å²) >= 11 is 0. The zero-order valence-electron chi connectivity index (χ0n) is 10.3. The number of aryl methyl sites for hydroxylation is 1. The van der Waals surface area contributed by atoms with E-state index < -0.39 is 6.10 Å². The topological polar surface area (TPSA) is 68.8 Å². The van der Waals surface area contributed by atoms with Crippen molar-refractivity contribution in [2.45, 2.75) is 32.4 Å². The average Bonchev–Trinajstić information content (AvgIpc) is 2.86. The second-order valence-electron chi connectivity index (χ2n) is 4.33. The molecule has 2 rings (SSSR count). The minimum absolute atomic E-state index is 0.237. The van der Waals surface area contributed by atoms with Crippen molar-refractivity contribution in [2.75, 3.05) is 0 Å². The van der Waals surface area contributed by atoms with Crippen molar-refractivity contribution in [1.29, 1.82) is 0 Å². The molecule has 0 amide bonds. The van der Waals surface area contributed by atoms with Crippen molar-refractivity contribution >= 4 is 0 Å². The molecule has 17 heavy (non-hydrogen) atoms. The van der Waals surface area contributed by atoms with Gasteiger partial charge in [0.05, 0.1) is 0 Å². The summed E-state index contributed by atoms with van der Waals surface area (Å²) in [5.74, 6) is 1.42. The van der Waals surface area contributed by atoms with Gasteiger partial charge < -0.3 is 9.67 Å². The molecule has 0 aromatic carbocycles. The van der Waals surface area contributed by atoms with E-state index in [4.69, 9.17) is 0 Å². The highest BCUT2D eigenvalue weighted by Gasteiger charge is 2.17. The fraction of sp³-hybridized carbons (Fsp3) is 0.545. The highest BCUT2D eigenvalue weighted by molar-refractivity contribution is 5.00. The largest absolute Gasteiger partial charge is 0.385 e. The summed E-state index contributed by atoms with van der Waals surface area (Å²) in [5, 5.41) is 14.2.